The van der Waals surface area contributed by atoms with Crippen LogP contribution in [0, 0.1) is 0 Å². The predicted octanol–water partition coefficient (Wildman–Crippen LogP) is -1.71. The van der Waals surface area contributed by atoms with Crippen LogP contribution in [-0.2, 0) is 0 Å². The molecule has 2 atom stereocenters. The third kappa shape index (κ3) is 1.58. The third-order valence-electron chi connectivity index (χ3n) is 2.31. The SMILES string of the molecule is NCC(O)C(O)c1[nH]nc2ncnc(N)c12. The molecule has 0 saturated heterocycles. The minimum Gasteiger partial charge on any atom is -0.389 e. The number of aliphatic hydroxyl groups is 2. The first kappa shape index (κ1) is 10.7. The average molecular weight is 224 g/mol. The van der Waals surface area contributed by atoms with Gasteiger partial charge in [0.1, 0.15) is 18.2 Å². The van der Waals surface area contributed by atoms with Crippen LogP contribution in [-0.4, -0.2) is 43.0 Å². The fourth-order valence-electron chi connectivity index (χ4n) is 1.44. The smallest absolute Gasteiger partial charge is 0.186 e. The molecular weight excluding hydrogens is 212 g/mol. The Labute approximate surface area is 90.3 Å². The van der Waals surface area contributed by atoms with E-state index in [1.807, 2.05) is 0 Å². The number of rotatable bonds is 3. The van der Waals surface area contributed by atoms with E-state index < -0.39 is 12.2 Å². The summed E-state index contributed by atoms with van der Waals surface area (Å²) in [6.07, 6.45) is -1.01. The Kier molecular flexibility index (Phi) is 2.69. The van der Waals surface area contributed by atoms with Crippen LogP contribution in [0.2, 0.25) is 0 Å². The lowest BCUT2D eigenvalue weighted by atomic mass is 10.1. The molecule has 0 aliphatic carbocycles. The summed E-state index contributed by atoms with van der Waals surface area (Å²) in [7, 11) is 0. The Hall–Kier alpha value is -1.77. The van der Waals surface area contributed by atoms with Gasteiger partial charge in [0, 0.05) is 6.54 Å². The number of hydrogen-bond acceptors (Lipinski definition) is 7. The van der Waals surface area contributed by atoms with Crippen molar-refractivity contribution >= 4 is 16.9 Å². The normalized spacial score (nSPS) is 15.2. The van der Waals surface area contributed by atoms with Crippen molar-refractivity contribution in [2.45, 2.75) is 12.2 Å². The highest BCUT2D eigenvalue weighted by atomic mass is 16.3. The monoisotopic (exact) mass is 224 g/mol. The maximum atomic E-state index is 9.79. The number of fused-ring (bicyclic) bond motifs is 1. The van der Waals surface area contributed by atoms with Crippen LogP contribution in [0.5, 0.6) is 0 Å². The summed E-state index contributed by atoms with van der Waals surface area (Å²) >= 11 is 0. The molecule has 16 heavy (non-hydrogen) atoms. The Balaban J connectivity index is 2.53. The van der Waals surface area contributed by atoms with Crippen molar-refractivity contribution < 1.29 is 10.2 Å². The van der Waals surface area contributed by atoms with Crippen molar-refractivity contribution in [3.8, 4) is 0 Å². The second-order valence-corrected chi connectivity index (χ2v) is 3.34. The fraction of sp³-hybridized carbons (Fsp3) is 0.375. The number of anilines is 1. The van der Waals surface area contributed by atoms with Gasteiger partial charge in [0.15, 0.2) is 5.65 Å². The molecule has 0 spiro atoms. The van der Waals surface area contributed by atoms with Gasteiger partial charge in [-0.25, -0.2) is 9.97 Å². The summed E-state index contributed by atoms with van der Waals surface area (Å²) in [4.78, 5) is 7.66. The number of nitrogens with one attached hydrogen (secondary N) is 1. The molecule has 86 valence electrons. The van der Waals surface area contributed by atoms with E-state index in [4.69, 9.17) is 11.5 Å². The van der Waals surface area contributed by atoms with E-state index in [0.29, 0.717) is 11.0 Å². The lowest BCUT2D eigenvalue weighted by molar-refractivity contribution is 0.0225. The first-order valence-electron chi connectivity index (χ1n) is 4.65. The molecule has 0 aliphatic heterocycles. The van der Waals surface area contributed by atoms with Crippen molar-refractivity contribution in [1.82, 2.24) is 20.2 Å². The summed E-state index contributed by atoms with van der Waals surface area (Å²) in [6, 6.07) is 0. The van der Waals surface area contributed by atoms with Gasteiger partial charge in [0.2, 0.25) is 0 Å². The third-order valence-corrected chi connectivity index (χ3v) is 2.31. The maximum Gasteiger partial charge on any atom is 0.186 e. The second-order valence-electron chi connectivity index (χ2n) is 3.34. The summed E-state index contributed by atoms with van der Waals surface area (Å²) in [5.74, 6) is 0.192. The van der Waals surface area contributed by atoms with E-state index in [1.165, 1.54) is 6.33 Å². The molecule has 8 heteroatoms. The number of nitrogen functional groups attached to an aromatic ring is 1. The largest absolute Gasteiger partial charge is 0.389 e. The highest BCUT2D eigenvalue weighted by Gasteiger charge is 2.23. The molecular formula is C8H12N6O2. The molecule has 2 aromatic rings. The minimum absolute atomic E-state index is 0.0741. The van der Waals surface area contributed by atoms with Crippen LogP contribution >= 0.6 is 0 Å². The highest BCUT2D eigenvalue weighted by Crippen LogP contribution is 2.25. The minimum atomic E-state index is -1.19. The van der Waals surface area contributed by atoms with E-state index in [0.717, 1.165) is 0 Å². The van der Waals surface area contributed by atoms with Gasteiger partial charge in [0.25, 0.3) is 0 Å². The quantitative estimate of drug-likeness (QED) is 0.417. The second kappa shape index (κ2) is 4.00. The molecule has 0 amide bonds. The van der Waals surface area contributed by atoms with Gasteiger partial charge < -0.3 is 21.7 Å². The van der Waals surface area contributed by atoms with Gasteiger partial charge in [0.05, 0.1) is 17.2 Å². The number of nitrogens with two attached hydrogens (primary N) is 2. The van der Waals surface area contributed by atoms with Crippen molar-refractivity contribution in [2.75, 3.05) is 12.3 Å². The molecule has 0 saturated carbocycles. The van der Waals surface area contributed by atoms with Gasteiger partial charge in [-0.2, -0.15) is 5.10 Å². The molecule has 2 rings (SSSR count). The van der Waals surface area contributed by atoms with Crippen LogP contribution in [0.15, 0.2) is 6.33 Å². The molecule has 8 nitrogen and oxygen atoms in total. The summed E-state index contributed by atoms with van der Waals surface area (Å²) in [5, 5.41) is 26.1. The lowest BCUT2D eigenvalue weighted by Crippen LogP contribution is -2.27. The molecule has 2 unspecified atom stereocenters. The predicted molar refractivity (Wildman–Crippen MR) is 56.1 cm³/mol. The first-order chi connectivity index (χ1) is 7.65. The number of aliphatic hydroxyl groups excluding tert-OH is 2. The van der Waals surface area contributed by atoms with Crippen molar-refractivity contribution in [3.63, 3.8) is 0 Å². The van der Waals surface area contributed by atoms with Crippen LogP contribution in [0.3, 0.4) is 0 Å². The molecule has 7 N–H and O–H groups in total. The van der Waals surface area contributed by atoms with Gasteiger partial charge in [-0.15, -0.1) is 0 Å². The van der Waals surface area contributed by atoms with Crippen molar-refractivity contribution in [3.05, 3.63) is 12.0 Å². The van der Waals surface area contributed by atoms with Crippen molar-refractivity contribution in [1.29, 1.82) is 0 Å². The van der Waals surface area contributed by atoms with Crippen LogP contribution in [0.1, 0.15) is 11.8 Å². The number of nitrogens with zero attached hydrogens (tertiary/aromatic N) is 3. The maximum absolute atomic E-state index is 9.79. The van der Waals surface area contributed by atoms with Gasteiger partial charge >= 0.3 is 0 Å². The van der Waals surface area contributed by atoms with E-state index in [9.17, 15) is 10.2 Å². The zero-order valence-electron chi connectivity index (χ0n) is 8.33. The summed E-state index contributed by atoms with van der Waals surface area (Å²) < 4.78 is 0. The Bertz CT molecular complexity index is 498. The number of aromatic amines is 1. The van der Waals surface area contributed by atoms with Gasteiger partial charge in [-0.3, -0.25) is 5.10 Å². The summed E-state index contributed by atoms with van der Waals surface area (Å²) in [6.45, 7) is -0.0741. The standard InChI is InChI=1S/C8H12N6O2/c9-1-3(15)6(16)5-4-7(10)11-2-12-8(4)14-13-5/h2-3,6,15-16H,1,9H2,(H3,10,11,12,13,14). The molecule has 2 aromatic heterocycles. The van der Waals surface area contributed by atoms with Crippen LogP contribution in [0.4, 0.5) is 5.82 Å². The molecule has 0 aliphatic rings. The van der Waals surface area contributed by atoms with E-state index >= 15 is 0 Å². The molecule has 0 bridgehead atoms. The lowest BCUT2D eigenvalue weighted by Gasteiger charge is -2.14. The number of aromatic nitrogens is 4. The topological polar surface area (TPSA) is 147 Å². The average Bonchev–Trinajstić information content (AvgIpc) is 2.72. The molecule has 2 heterocycles. The van der Waals surface area contributed by atoms with E-state index in [1.54, 1.807) is 0 Å². The zero-order chi connectivity index (χ0) is 11.7. The van der Waals surface area contributed by atoms with E-state index in [-0.39, 0.29) is 18.1 Å². The van der Waals surface area contributed by atoms with Gasteiger partial charge in [-0.05, 0) is 0 Å². The van der Waals surface area contributed by atoms with Gasteiger partial charge in [-0.1, -0.05) is 0 Å². The van der Waals surface area contributed by atoms with Crippen molar-refractivity contribution in [2.24, 2.45) is 5.73 Å². The first-order valence-corrected chi connectivity index (χ1v) is 4.65. The Morgan fingerprint density at radius 2 is 2.12 bits per heavy atom. The summed E-state index contributed by atoms with van der Waals surface area (Å²) in [5.41, 5.74) is 11.5. The van der Waals surface area contributed by atoms with Crippen LogP contribution in [0.25, 0.3) is 11.0 Å². The molecule has 0 aromatic carbocycles. The zero-order valence-corrected chi connectivity index (χ0v) is 8.33. The molecule has 0 radical (unpaired) electrons. The number of hydrogen-bond donors (Lipinski definition) is 5. The number of H-pyrrole nitrogens is 1. The van der Waals surface area contributed by atoms with E-state index in [2.05, 4.69) is 20.2 Å². The Morgan fingerprint density at radius 1 is 1.38 bits per heavy atom. The fourth-order valence-corrected chi connectivity index (χ4v) is 1.44. The highest BCUT2D eigenvalue weighted by molar-refractivity contribution is 5.87. The Morgan fingerprint density at radius 3 is 2.81 bits per heavy atom. The molecule has 0 fully saturated rings. The van der Waals surface area contributed by atoms with Crippen LogP contribution < -0.4 is 11.5 Å².